The lowest BCUT2D eigenvalue weighted by Gasteiger charge is -2.17. The summed E-state index contributed by atoms with van der Waals surface area (Å²) in [7, 11) is 1.60. The van der Waals surface area contributed by atoms with Crippen molar-refractivity contribution in [1.29, 1.82) is 0 Å². The van der Waals surface area contributed by atoms with E-state index in [1.165, 1.54) is 0 Å². The Morgan fingerprint density at radius 3 is 2.44 bits per heavy atom. The van der Waals surface area contributed by atoms with Gasteiger partial charge in [-0.15, -0.1) is 0 Å². The summed E-state index contributed by atoms with van der Waals surface area (Å²) in [4.78, 5) is 39.9. The molecule has 0 radical (unpaired) electrons. The van der Waals surface area contributed by atoms with Crippen LogP contribution in [0.25, 0.3) is 0 Å². The van der Waals surface area contributed by atoms with Crippen LogP contribution >= 0.6 is 15.9 Å². The van der Waals surface area contributed by atoms with Gasteiger partial charge in [0.15, 0.2) is 0 Å². The van der Waals surface area contributed by atoms with Gasteiger partial charge in [-0.1, -0.05) is 40.2 Å². The summed E-state index contributed by atoms with van der Waals surface area (Å²) in [6.45, 7) is 0.627. The molecule has 0 aromatic heterocycles. The van der Waals surface area contributed by atoms with Crippen molar-refractivity contribution in [3.8, 4) is 5.75 Å². The molecule has 0 aliphatic carbocycles. The van der Waals surface area contributed by atoms with Crippen molar-refractivity contribution in [2.45, 2.75) is 13.0 Å². The molecule has 0 saturated carbocycles. The van der Waals surface area contributed by atoms with E-state index in [0.29, 0.717) is 17.8 Å². The number of halogens is 1. The Balaban J connectivity index is 1.40. The quantitative estimate of drug-likeness (QED) is 0.482. The van der Waals surface area contributed by atoms with Gasteiger partial charge in [0.25, 0.3) is 5.91 Å². The van der Waals surface area contributed by atoms with E-state index >= 15 is 0 Å². The van der Waals surface area contributed by atoms with Crippen molar-refractivity contribution < 1.29 is 19.1 Å². The summed E-state index contributed by atoms with van der Waals surface area (Å²) < 4.78 is 6.06. The van der Waals surface area contributed by atoms with Crippen LogP contribution in [0.5, 0.6) is 5.75 Å². The lowest BCUT2D eigenvalue weighted by molar-refractivity contribution is -0.122. The summed E-state index contributed by atoms with van der Waals surface area (Å²) in [5, 5.41) is 5.72. The van der Waals surface area contributed by atoms with Crippen molar-refractivity contribution in [3.05, 3.63) is 88.4 Å². The standard InChI is InChI=1S/C26H24BrN3O4/c1-34-21-12-6-17(7-13-21)15-28-26(33)22-4-2-3-5-23(22)29-25(32)18-14-24(31)30(16-18)20-10-8-19(27)9-11-20/h2-13,18H,14-16H2,1H3,(H,28,33)(H,29,32)/t18-/m0/s1. The van der Waals surface area contributed by atoms with Crippen molar-refractivity contribution in [1.82, 2.24) is 5.32 Å². The molecule has 1 fully saturated rings. The molecule has 0 bridgehead atoms. The van der Waals surface area contributed by atoms with Gasteiger partial charge in [-0.25, -0.2) is 0 Å². The lowest BCUT2D eigenvalue weighted by atomic mass is 10.1. The van der Waals surface area contributed by atoms with E-state index < -0.39 is 5.92 Å². The van der Waals surface area contributed by atoms with Crippen molar-refractivity contribution in [2.24, 2.45) is 5.92 Å². The molecule has 1 heterocycles. The minimum Gasteiger partial charge on any atom is -0.497 e. The van der Waals surface area contributed by atoms with Gasteiger partial charge in [0.2, 0.25) is 11.8 Å². The number of carbonyl (C=O) groups excluding carboxylic acids is 3. The molecule has 3 amide bonds. The largest absolute Gasteiger partial charge is 0.497 e. The number of methoxy groups -OCH3 is 1. The summed E-state index contributed by atoms with van der Waals surface area (Å²) in [6, 6.07) is 21.6. The monoisotopic (exact) mass is 521 g/mol. The highest BCUT2D eigenvalue weighted by atomic mass is 79.9. The Kier molecular flexibility index (Phi) is 7.27. The van der Waals surface area contributed by atoms with Crippen LogP contribution in [-0.4, -0.2) is 31.4 Å². The molecule has 4 rings (SSSR count). The molecule has 1 aliphatic heterocycles. The van der Waals surface area contributed by atoms with Gasteiger partial charge < -0.3 is 20.3 Å². The number of nitrogens with one attached hydrogen (secondary N) is 2. The molecule has 8 heteroatoms. The third-order valence-corrected chi connectivity index (χ3v) is 6.20. The number of benzene rings is 3. The fraction of sp³-hybridized carbons (Fsp3) is 0.192. The first-order chi connectivity index (χ1) is 16.4. The van der Waals surface area contributed by atoms with Crippen LogP contribution in [0, 0.1) is 5.92 Å². The molecule has 34 heavy (non-hydrogen) atoms. The van der Waals surface area contributed by atoms with E-state index in [0.717, 1.165) is 21.5 Å². The number of ether oxygens (including phenoxy) is 1. The molecular formula is C26H24BrN3O4. The average molecular weight is 522 g/mol. The Morgan fingerprint density at radius 2 is 1.74 bits per heavy atom. The van der Waals surface area contributed by atoms with E-state index in [1.807, 2.05) is 48.5 Å². The molecule has 0 unspecified atom stereocenters. The predicted octanol–water partition coefficient (Wildman–Crippen LogP) is 4.38. The predicted molar refractivity (Wildman–Crippen MR) is 134 cm³/mol. The molecule has 1 saturated heterocycles. The normalized spacial score (nSPS) is 15.2. The van der Waals surface area contributed by atoms with Crippen LogP contribution in [-0.2, 0) is 16.1 Å². The number of nitrogens with zero attached hydrogens (tertiary/aromatic N) is 1. The first-order valence-electron chi connectivity index (χ1n) is 10.8. The number of rotatable bonds is 7. The van der Waals surface area contributed by atoms with E-state index in [2.05, 4.69) is 26.6 Å². The number of hydrogen-bond acceptors (Lipinski definition) is 4. The second-order valence-corrected chi connectivity index (χ2v) is 8.86. The molecule has 1 aliphatic rings. The maximum atomic E-state index is 13.0. The summed E-state index contributed by atoms with van der Waals surface area (Å²) >= 11 is 3.38. The zero-order valence-corrected chi connectivity index (χ0v) is 20.2. The van der Waals surface area contributed by atoms with Crippen LogP contribution in [0.15, 0.2) is 77.3 Å². The summed E-state index contributed by atoms with van der Waals surface area (Å²) in [6.07, 6.45) is 0.119. The average Bonchev–Trinajstić information content (AvgIpc) is 3.25. The molecule has 2 N–H and O–H groups in total. The van der Waals surface area contributed by atoms with Gasteiger partial charge in [-0.3, -0.25) is 14.4 Å². The number of carbonyl (C=O) groups is 3. The SMILES string of the molecule is COc1ccc(CNC(=O)c2ccccc2NC(=O)[C@H]2CC(=O)N(c3ccc(Br)cc3)C2)cc1. The zero-order chi connectivity index (χ0) is 24.1. The number of hydrogen-bond donors (Lipinski definition) is 2. The highest BCUT2D eigenvalue weighted by Crippen LogP contribution is 2.27. The van der Waals surface area contributed by atoms with Crippen LogP contribution in [0.3, 0.4) is 0 Å². The third-order valence-electron chi connectivity index (χ3n) is 5.68. The minimum atomic E-state index is -0.508. The Morgan fingerprint density at radius 1 is 1.03 bits per heavy atom. The van der Waals surface area contributed by atoms with Crippen LogP contribution < -0.4 is 20.3 Å². The second kappa shape index (κ2) is 10.5. The van der Waals surface area contributed by atoms with E-state index in [9.17, 15) is 14.4 Å². The summed E-state index contributed by atoms with van der Waals surface area (Å²) in [5.41, 5.74) is 2.45. The molecule has 174 valence electrons. The maximum Gasteiger partial charge on any atom is 0.253 e. The Hall–Kier alpha value is -3.65. The number of anilines is 2. The smallest absolute Gasteiger partial charge is 0.253 e. The summed E-state index contributed by atoms with van der Waals surface area (Å²) in [5.74, 6) is -0.458. The molecule has 1 atom stereocenters. The first kappa shape index (κ1) is 23.5. The van der Waals surface area contributed by atoms with Gasteiger partial charge in [-0.05, 0) is 54.1 Å². The fourth-order valence-corrected chi connectivity index (χ4v) is 4.06. The maximum absolute atomic E-state index is 13.0. The molecule has 3 aromatic rings. The highest BCUT2D eigenvalue weighted by Gasteiger charge is 2.35. The minimum absolute atomic E-state index is 0.104. The van der Waals surface area contributed by atoms with E-state index in [4.69, 9.17) is 4.74 Å². The van der Waals surface area contributed by atoms with Crippen LogP contribution in [0.4, 0.5) is 11.4 Å². The topological polar surface area (TPSA) is 87.7 Å². The fourth-order valence-electron chi connectivity index (χ4n) is 3.80. The molecule has 3 aromatic carbocycles. The number of para-hydroxylation sites is 1. The van der Waals surface area contributed by atoms with Crippen molar-refractivity contribution >= 4 is 45.0 Å². The van der Waals surface area contributed by atoms with E-state index in [1.54, 1.807) is 36.3 Å². The first-order valence-corrected chi connectivity index (χ1v) is 11.6. The molecule has 7 nitrogen and oxygen atoms in total. The van der Waals surface area contributed by atoms with Crippen LogP contribution in [0.2, 0.25) is 0 Å². The van der Waals surface area contributed by atoms with Crippen LogP contribution in [0.1, 0.15) is 22.3 Å². The highest BCUT2D eigenvalue weighted by molar-refractivity contribution is 9.10. The number of amides is 3. The second-order valence-electron chi connectivity index (χ2n) is 7.95. The molecular weight excluding hydrogens is 498 g/mol. The Bertz CT molecular complexity index is 1200. The van der Waals surface area contributed by atoms with Gasteiger partial charge >= 0.3 is 0 Å². The third kappa shape index (κ3) is 5.46. The zero-order valence-electron chi connectivity index (χ0n) is 18.6. The van der Waals surface area contributed by atoms with Crippen molar-refractivity contribution in [2.75, 3.05) is 23.9 Å². The van der Waals surface area contributed by atoms with Gasteiger partial charge in [-0.2, -0.15) is 0 Å². The van der Waals surface area contributed by atoms with Gasteiger partial charge in [0, 0.05) is 29.7 Å². The van der Waals surface area contributed by atoms with E-state index in [-0.39, 0.29) is 30.7 Å². The van der Waals surface area contributed by atoms with Gasteiger partial charge in [0.1, 0.15) is 5.75 Å². The van der Waals surface area contributed by atoms with Gasteiger partial charge in [0.05, 0.1) is 24.3 Å². The van der Waals surface area contributed by atoms with Crippen molar-refractivity contribution in [3.63, 3.8) is 0 Å². The Labute approximate surface area is 206 Å². The lowest BCUT2D eigenvalue weighted by Crippen LogP contribution is -2.29. The molecule has 0 spiro atoms.